The molecule has 6 heteroatoms. The minimum atomic E-state index is -0.646. The van der Waals surface area contributed by atoms with Gasteiger partial charge in [0.1, 0.15) is 5.65 Å². The van der Waals surface area contributed by atoms with Gasteiger partial charge in [0.15, 0.2) is 0 Å². The van der Waals surface area contributed by atoms with E-state index < -0.39 is 6.10 Å². The van der Waals surface area contributed by atoms with Crippen LogP contribution in [0.2, 0.25) is 0 Å². The van der Waals surface area contributed by atoms with Crippen LogP contribution in [0.25, 0.3) is 16.7 Å². The zero-order valence-electron chi connectivity index (χ0n) is 18.2. The number of nitrogens with one attached hydrogen (secondary N) is 1. The summed E-state index contributed by atoms with van der Waals surface area (Å²) in [6.45, 7) is 4.79. The number of anilines is 1. The predicted octanol–water partition coefficient (Wildman–Crippen LogP) is 3.65. The summed E-state index contributed by atoms with van der Waals surface area (Å²) in [5.41, 5.74) is 6.40. The van der Waals surface area contributed by atoms with Gasteiger partial charge in [-0.25, -0.2) is 0 Å². The van der Waals surface area contributed by atoms with Crippen LogP contribution in [0.4, 0.5) is 5.69 Å². The Hall–Kier alpha value is -3.38. The fraction of sp³-hybridized carbons (Fsp3) is 0.280. The molecule has 1 atom stereocenters. The molecule has 4 aromatic rings. The molecule has 6 nitrogen and oxygen atoms in total. The molecule has 0 saturated heterocycles. The van der Waals surface area contributed by atoms with E-state index in [0.29, 0.717) is 13.1 Å². The minimum absolute atomic E-state index is 0.0840. The first-order valence-corrected chi connectivity index (χ1v) is 10.6. The van der Waals surface area contributed by atoms with Crippen LogP contribution < -0.4 is 10.9 Å². The van der Waals surface area contributed by atoms with E-state index in [1.807, 2.05) is 47.9 Å². The van der Waals surface area contributed by atoms with E-state index in [9.17, 15) is 9.90 Å². The number of nitrogens with zero attached hydrogens (tertiary/aromatic N) is 3. The molecule has 2 aromatic heterocycles. The quantitative estimate of drug-likeness (QED) is 0.452. The van der Waals surface area contributed by atoms with Gasteiger partial charge in [-0.15, -0.1) is 0 Å². The van der Waals surface area contributed by atoms with Crippen molar-refractivity contribution in [3.05, 3.63) is 81.6 Å². The lowest BCUT2D eigenvalue weighted by atomic mass is 10.1. The molecule has 4 rings (SSSR count). The molecule has 0 amide bonds. The van der Waals surface area contributed by atoms with E-state index in [0.717, 1.165) is 39.9 Å². The van der Waals surface area contributed by atoms with E-state index in [4.69, 9.17) is 0 Å². The highest BCUT2D eigenvalue weighted by Gasteiger charge is 2.18. The normalized spacial score (nSPS) is 12.8. The third-order valence-corrected chi connectivity index (χ3v) is 5.66. The second-order valence-electron chi connectivity index (χ2n) is 7.81. The number of hydrogen-bond donors (Lipinski definition) is 2. The van der Waals surface area contributed by atoms with Gasteiger partial charge in [-0.3, -0.25) is 14.2 Å². The van der Waals surface area contributed by atoms with Gasteiger partial charge in [-0.05, 0) is 48.7 Å². The number of hydrogen-bond acceptors (Lipinski definition) is 4. The van der Waals surface area contributed by atoms with Gasteiger partial charge in [-0.2, -0.15) is 0 Å². The number of pyridine rings is 1. The van der Waals surface area contributed by atoms with Crippen LogP contribution in [0.3, 0.4) is 0 Å². The number of rotatable bonds is 7. The molecular formula is C25H28N4O2. The van der Waals surface area contributed by atoms with Crippen LogP contribution in [0, 0.1) is 6.92 Å². The highest BCUT2D eigenvalue weighted by atomic mass is 16.3. The van der Waals surface area contributed by atoms with E-state index in [2.05, 4.69) is 29.4 Å². The highest BCUT2D eigenvalue weighted by molar-refractivity contribution is 5.94. The van der Waals surface area contributed by atoms with E-state index >= 15 is 0 Å². The summed E-state index contributed by atoms with van der Waals surface area (Å²) in [6.07, 6.45) is 2.13. The number of benzene rings is 2. The van der Waals surface area contributed by atoms with Crippen molar-refractivity contribution >= 4 is 28.6 Å². The first-order valence-electron chi connectivity index (χ1n) is 10.6. The zero-order chi connectivity index (χ0) is 22.0. The van der Waals surface area contributed by atoms with Gasteiger partial charge in [0.05, 0.1) is 23.7 Å². The number of aliphatic hydroxyl groups excluding tert-OH is 1. The molecule has 0 aliphatic heterocycles. The van der Waals surface area contributed by atoms with Crippen molar-refractivity contribution in [2.24, 2.45) is 4.99 Å². The predicted molar refractivity (Wildman–Crippen MR) is 128 cm³/mol. The molecule has 0 saturated carbocycles. The molecule has 0 fully saturated rings. The Morgan fingerprint density at radius 3 is 2.52 bits per heavy atom. The maximum absolute atomic E-state index is 12.9. The summed E-state index contributed by atoms with van der Waals surface area (Å²) in [4.78, 5) is 17.1. The summed E-state index contributed by atoms with van der Waals surface area (Å²) in [5, 5.41) is 14.2. The van der Waals surface area contributed by atoms with Gasteiger partial charge in [-0.1, -0.05) is 31.2 Å². The molecule has 2 aromatic carbocycles. The number of aromatic nitrogens is 2. The molecule has 0 aliphatic carbocycles. The number of aliphatic hydroxyl groups is 1. The Kier molecular flexibility index (Phi) is 5.91. The topological polar surface area (TPSA) is 71.0 Å². The maximum Gasteiger partial charge on any atom is 0.257 e. The fourth-order valence-corrected chi connectivity index (χ4v) is 4.07. The summed E-state index contributed by atoms with van der Waals surface area (Å²) in [5.74, 6) is 0. The van der Waals surface area contributed by atoms with Crippen LogP contribution in [-0.2, 0) is 13.0 Å². The lowest BCUT2D eigenvalue weighted by Gasteiger charge is -2.16. The van der Waals surface area contributed by atoms with E-state index in [1.165, 1.54) is 5.56 Å². The number of fused-ring (bicyclic) bond motifs is 3. The van der Waals surface area contributed by atoms with Crippen molar-refractivity contribution in [2.75, 3.05) is 18.9 Å². The number of imidazole rings is 1. The molecule has 0 bridgehead atoms. The molecular weight excluding hydrogens is 388 g/mol. The molecule has 31 heavy (non-hydrogen) atoms. The van der Waals surface area contributed by atoms with Crippen LogP contribution in [0.15, 0.2) is 64.4 Å². The van der Waals surface area contributed by atoms with Gasteiger partial charge in [0, 0.05) is 37.1 Å². The van der Waals surface area contributed by atoms with Crippen molar-refractivity contribution < 1.29 is 5.11 Å². The second kappa shape index (κ2) is 8.78. The van der Waals surface area contributed by atoms with E-state index in [1.54, 1.807) is 23.7 Å². The van der Waals surface area contributed by atoms with Gasteiger partial charge in [0.25, 0.3) is 5.56 Å². The Morgan fingerprint density at radius 2 is 1.84 bits per heavy atom. The van der Waals surface area contributed by atoms with Crippen LogP contribution >= 0.6 is 0 Å². The molecule has 0 aliphatic rings. The van der Waals surface area contributed by atoms with Crippen molar-refractivity contribution in [1.82, 2.24) is 8.97 Å². The molecule has 0 radical (unpaired) electrons. The van der Waals surface area contributed by atoms with Crippen LogP contribution in [0.1, 0.15) is 23.6 Å². The number of aliphatic imine (C=N–C) groups is 1. The van der Waals surface area contributed by atoms with Gasteiger partial charge < -0.3 is 15.0 Å². The van der Waals surface area contributed by atoms with Gasteiger partial charge >= 0.3 is 0 Å². The molecule has 1 unspecified atom stereocenters. The Labute approximate surface area is 181 Å². The molecule has 2 N–H and O–H groups in total. The summed E-state index contributed by atoms with van der Waals surface area (Å²) >= 11 is 0. The lowest BCUT2D eigenvalue weighted by Crippen LogP contribution is -2.25. The average molecular weight is 417 g/mol. The van der Waals surface area contributed by atoms with Gasteiger partial charge in [0.2, 0.25) is 0 Å². The van der Waals surface area contributed by atoms with Crippen LogP contribution in [0.5, 0.6) is 0 Å². The largest absolute Gasteiger partial charge is 0.389 e. The molecule has 0 spiro atoms. The van der Waals surface area contributed by atoms with Crippen LogP contribution in [-0.4, -0.2) is 40.0 Å². The molecule has 2 heterocycles. The average Bonchev–Trinajstić information content (AvgIpc) is 3.10. The monoisotopic (exact) mass is 416 g/mol. The summed E-state index contributed by atoms with van der Waals surface area (Å²) < 4.78 is 3.73. The third-order valence-electron chi connectivity index (χ3n) is 5.66. The Morgan fingerprint density at radius 1 is 1.13 bits per heavy atom. The smallest absolute Gasteiger partial charge is 0.257 e. The zero-order valence-corrected chi connectivity index (χ0v) is 18.2. The molecule has 160 valence electrons. The minimum Gasteiger partial charge on any atom is -0.389 e. The summed E-state index contributed by atoms with van der Waals surface area (Å²) in [7, 11) is 1.72. The fourth-order valence-electron chi connectivity index (χ4n) is 4.07. The Bertz CT molecular complexity index is 1300. The van der Waals surface area contributed by atoms with Crippen molar-refractivity contribution in [2.45, 2.75) is 32.9 Å². The van der Waals surface area contributed by atoms with Crippen molar-refractivity contribution in [3.63, 3.8) is 0 Å². The standard InChI is InChI=1S/C25H28N4O2/c1-4-18-9-11-19(12-10-18)27-14-20(30)16-28-22-7-5-6-8-23(22)29-24(31)13-17(2)21(15-26-3)25(28)29/h5-13,15,20,27,30H,4,14,16H2,1-3H3. The first kappa shape index (κ1) is 20.9. The lowest BCUT2D eigenvalue weighted by molar-refractivity contribution is 0.169. The van der Waals surface area contributed by atoms with E-state index in [-0.39, 0.29) is 5.56 Å². The van der Waals surface area contributed by atoms with Crippen molar-refractivity contribution in [1.29, 1.82) is 0 Å². The second-order valence-corrected chi connectivity index (χ2v) is 7.81. The first-order chi connectivity index (χ1) is 15.0. The number of aryl methyl sites for hydroxylation is 2. The Balaban J connectivity index is 1.72. The number of para-hydroxylation sites is 2. The maximum atomic E-state index is 12.9. The van der Waals surface area contributed by atoms with Crippen molar-refractivity contribution in [3.8, 4) is 0 Å². The highest BCUT2D eigenvalue weighted by Crippen LogP contribution is 2.23. The summed E-state index contributed by atoms with van der Waals surface area (Å²) in [6, 6.07) is 17.7. The third kappa shape index (κ3) is 3.99. The SMILES string of the molecule is CCc1ccc(NCC(O)Cn2c3ccccc3n3c(=O)cc(C)c(C=NC)c23)cc1.